The van der Waals surface area contributed by atoms with Crippen LogP contribution >= 0.6 is 0 Å². The van der Waals surface area contributed by atoms with Crippen LogP contribution in [0.15, 0.2) is 23.4 Å². The molecule has 3 rings (SSSR count). The van der Waals surface area contributed by atoms with Crippen LogP contribution in [-0.4, -0.2) is 31.2 Å². The van der Waals surface area contributed by atoms with E-state index in [0.29, 0.717) is 0 Å². The predicted octanol–water partition coefficient (Wildman–Crippen LogP) is 3.93. The molecule has 1 unspecified atom stereocenters. The van der Waals surface area contributed by atoms with E-state index in [1.807, 2.05) is 0 Å². The van der Waals surface area contributed by atoms with Crippen molar-refractivity contribution in [2.45, 2.75) is 68.7 Å². The van der Waals surface area contributed by atoms with Gasteiger partial charge in [0.05, 0.1) is 5.41 Å². The van der Waals surface area contributed by atoms with E-state index >= 15 is 0 Å². The SMILES string of the molecule is C[C@@]1(C(=O)Nc2ccnc(S(N)(=O)=O)c2)CC(F)(F)CCC1C1CCC(F)(F)CC1. The lowest BCUT2D eigenvalue weighted by molar-refractivity contribution is -0.154. The Balaban J connectivity index is 1.85. The zero-order chi connectivity index (χ0) is 22.4. The highest BCUT2D eigenvalue weighted by molar-refractivity contribution is 7.89. The van der Waals surface area contributed by atoms with Crippen molar-refractivity contribution < 1.29 is 30.8 Å². The number of hydrogen-bond acceptors (Lipinski definition) is 4. The highest BCUT2D eigenvalue weighted by atomic mass is 32.2. The minimum Gasteiger partial charge on any atom is -0.325 e. The van der Waals surface area contributed by atoms with Gasteiger partial charge in [-0.1, -0.05) is 6.92 Å². The van der Waals surface area contributed by atoms with Crippen LogP contribution in [0.3, 0.4) is 0 Å². The molecule has 11 heteroatoms. The average Bonchev–Trinajstić information content (AvgIpc) is 2.61. The maximum absolute atomic E-state index is 14.3. The van der Waals surface area contributed by atoms with Gasteiger partial charge in [-0.15, -0.1) is 0 Å². The molecule has 0 aromatic carbocycles. The number of rotatable bonds is 4. The molecule has 2 aliphatic rings. The quantitative estimate of drug-likeness (QED) is 0.677. The maximum atomic E-state index is 14.3. The summed E-state index contributed by atoms with van der Waals surface area (Å²) in [5, 5.41) is 7.08. The van der Waals surface area contributed by atoms with E-state index in [9.17, 15) is 30.8 Å². The average molecular weight is 451 g/mol. The molecule has 30 heavy (non-hydrogen) atoms. The summed E-state index contributed by atoms with van der Waals surface area (Å²) in [6.45, 7) is 1.44. The molecule has 2 fully saturated rings. The number of amides is 1. The summed E-state index contributed by atoms with van der Waals surface area (Å²) in [6, 6.07) is 2.38. The monoisotopic (exact) mass is 451 g/mol. The van der Waals surface area contributed by atoms with Gasteiger partial charge in [0, 0.05) is 43.6 Å². The van der Waals surface area contributed by atoms with Crippen molar-refractivity contribution in [2.75, 3.05) is 5.32 Å². The number of nitrogens with two attached hydrogens (primary N) is 1. The van der Waals surface area contributed by atoms with Gasteiger partial charge in [0.1, 0.15) is 0 Å². The lowest BCUT2D eigenvalue weighted by atomic mass is 9.58. The first-order chi connectivity index (χ1) is 13.7. The molecule has 168 valence electrons. The summed E-state index contributed by atoms with van der Waals surface area (Å²) in [5.41, 5.74) is -1.44. The van der Waals surface area contributed by atoms with Gasteiger partial charge >= 0.3 is 0 Å². The Morgan fingerprint density at radius 1 is 1.13 bits per heavy atom. The largest absolute Gasteiger partial charge is 0.325 e. The van der Waals surface area contributed by atoms with Crippen LogP contribution in [0.25, 0.3) is 0 Å². The van der Waals surface area contributed by atoms with Gasteiger partial charge < -0.3 is 5.32 Å². The fourth-order valence-corrected chi connectivity index (χ4v) is 5.33. The molecule has 1 aromatic rings. The Morgan fingerprint density at radius 3 is 2.33 bits per heavy atom. The van der Waals surface area contributed by atoms with Crippen molar-refractivity contribution in [3.63, 3.8) is 0 Å². The van der Waals surface area contributed by atoms with Crippen LogP contribution in [-0.2, 0) is 14.8 Å². The van der Waals surface area contributed by atoms with Gasteiger partial charge in [0.25, 0.3) is 10.0 Å². The first-order valence-corrected chi connectivity index (χ1v) is 11.3. The van der Waals surface area contributed by atoms with Crippen LogP contribution < -0.4 is 10.5 Å². The molecule has 0 spiro atoms. The molecular weight excluding hydrogens is 426 g/mol. The number of carbonyl (C=O) groups excluding carboxylic acids is 1. The number of halogens is 4. The molecule has 6 nitrogen and oxygen atoms in total. The van der Waals surface area contributed by atoms with Crippen LogP contribution in [0.4, 0.5) is 23.2 Å². The minimum atomic E-state index is -4.11. The molecule has 2 atom stereocenters. The van der Waals surface area contributed by atoms with Crippen LogP contribution in [0, 0.1) is 17.3 Å². The normalized spacial score (nSPS) is 29.3. The van der Waals surface area contributed by atoms with Crippen molar-refractivity contribution >= 4 is 21.6 Å². The number of aromatic nitrogens is 1. The second-order valence-electron chi connectivity index (χ2n) is 8.67. The first-order valence-electron chi connectivity index (χ1n) is 9.78. The smallest absolute Gasteiger partial charge is 0.255 e. The third-order valence-electron chi connectivity index (χ3n) is 6.40. The maximum Gasteiger partial charge on any atom is 0.255 e. The number of anilines is 1. The Morgan fingerprint density at radius 2 is 1.73 bits per heavy atom. The van der Waals surface area contributed by atoms with Crippen LogP contribution in [0.5, 0.6) is 0 Å². The van der Waals surface area contributed by atoms with E-state index < -0.39 is 57.0 Å². The molecule has 1 aromatic heterocycles. The molecule has 3 N–H and O–H groups in total. The number of carbonyl (C=O) groups is 1. The number of nitrogens with zero attached hydrogens (tertiary/aromatic N) is 1. The standard InChI is InChI=1S/C19H25F4N3O3S/c1-17(16(27)26-13-5-9-25-15(10-13)30(24,28)29)11-19(22,23)8-4-14(17)12-2-6-18(20,21)7-3-12/h5,9-10,12,14H,2-4,6-8,11H2,1H3,(H2,24,28,29)(H,25,26,27)/t14?,17-/m1/s1. The molecule has 0 bridgehead atoms. The van der Waals surface area contributed by atoms with E-state index in [4.69, 9.17) is 5.14 Å². The minimum absolute atomic E-state index is 0.0584. The second-order valence-corrected chi connectivity index (χ2v) is 10.2. The topological polar surface area (TPSA) is 102 Å². The molecule has 0 radical (unpaired) electrons. The van der Waals surface area contributed by atoms with Crippen molar-refractivity contribution in [3.8, 4) is 0 Å². The highest BCUT2D eigenvalue weighted by Gasteiger charge is 2.55. The van der Waals surface area contributed by atoms with Gasteiger partial charge in [-0.2, -0.15) is 0 Å². The van der Waals surface area contributed by atoms with Crippen molar-refractivity contribution in [1.29, 1.82) is 0 Å². The van der Waals surface area contributed by atoms with E-state index in [2.05, 4.69) is 10.3 Å². The number of nitrogens with one attached hydrogen (secondary N) is 1. The third kappa shape index (κ3) is 4.93. The van der Waals surface area contributed by atoms with E-state index in [1.54, 1.807) is 0 Å². The van der Waals surface area contributed by atoms with Gasteiger partial charge in [0.2, 0.25) is 17.8 Å². The number of hydrogen-bond donors (Lipinski definition) is 2. The number of pyridine rings is 1. The van der Waals surface area contributed by atoms with Crippen molar-refractivity contribution in [2.24, 2.45) is 22.4 Å². The van der Waals surface area contributed by atoms with Crippen molar-refractivity contribution in [1.82, 2.24) is 4.98 Å². The summed E-state index contributed by atoms with van der Waals surface area (Å²) in [7, 11) is -4.11. The van der Waals surface area contributed by atoms with Gasteiger partial charge in [-0.3, -0.25) is 4.79 Å². The Bertz CT molecular complexity index is 915. The molecule has 2 aliphatic carbocycles. The second kappa shape index (κ2) is 7.74. The summed E-state index contributed by atoms with van der Waals surface area (Å²) in [6.07, 6.45) is -0.170. The summed E-state index contributed by atoms with van der Waals surface area (Å²) in [5.74, 6) is -7.24. The molecule has 0 saturated heterocycles. The van der Waals surface area contributed by atoms with E-state index in [0.717, 1.165) is 12.3 Å². The highest BCUT2D eigenvalue weighted by Crippen LogP contribution is 2.54. The van der Waals surface area contributed by atoms with E-state index in [1.165, 1.54) is 13.0 Å². The van der Waals surface area contributed by atoms with Crippen LogP contribution in [0.1, 0.15) is 51.9 Å². The first kappa shape index (κ1) is 22.9. The summed E-state index contributed by atoms with van der Waals surface area (Å²) >= 11 is 0. The Kier molecular flexibility index (Phi) is 5.92. The van der Waals surface area contributed by atoms with Crippen molar-refractivity contribution in [3.05, 3.63) is 18.3 Å². The van der Waals surface area contributed by atoms with Crippen LogP contribution in [0.2, 0.25) is 0 Å². The number of sulfonamides is 1. The zero-order valence-electron chi connectivity index (χ0n) is 16.5. The van der Waals surface area contributed by atoms with Gasteiger partial charge in [0.15, 0.2) is 5.03 Å². The Labute approximate surface area is 172 Å². The number of primary sulfonamides is 1. The van der Waals surface area contributed by atoms with E-state index in [-0.39, 0.29) is 43.7 Å². The summed E-state index contributed by atoms with van der Waals surface area (Å²) in [4.78, 5) is 16.7. The molecule has 2 saturated carbocycles. The predicted molar refractivity (Wildman–Crippen MR) is 102 cm³/mol. The molecule has 0 aliphatic heterocycles. The lowest BCUT2D eigenvalue weighted by Crippen LogP contribution is -2.51. The Hall–Kier alpha value is -1.75. The van der Waals surface area contributed by atoms with Gasteiger partial charge in [-0.05, 0) is 37.2 Å². The van der Waals surface area contributed by atoms with Gasteiger partial charge in [-0.25, -0.2) is 36.1 Å². The lowest BCUT2D eigenvalue weighted by Gasteiger charge is -2.48. The fraction of sp³-hybridized carbons (Fsp3) is 0.684. The third-order valence-corrected chi connectivity index (χ3v) is 7.21. The molecular formula is C19H25F4N3O3S. The fourth-order valence-electron chi connectivity index (χ4n) is 4.83. The molecule has 1 amide bonds. The zero-order valence-corrected chi connectivity index (χ0v) is 17.3. The number of alkyl halides is 4. The molecule has 1 heterocycles. The summed E-state index contributed by atoms with van der Waals surface area (Å²) < 4.78 is 78.7.